The number of halogens is 1. The third-order valence-corrected chi connectivity index (χ3v) is 5.59. The van der Waals surface area contributed by atoms with Crippen LogP contribution < -0.4 is 0 Å². The lowest BCUT2D eigenvalue weighted by Crippen LogP contribution is -2.40. The van der Waals surface area contributed by atoms with Crippen LogP contribution in [0.2, 0.25) is 5.15 Å². The van der Waals surface area contributed by atoms with Gasteiger partial charge in [-0.05, 0) is 37.3 Å². The van der Waals surface area contributed by atoms with Gasteiger partial charge in [0.15, 0.2) is 0 Å². The molecule has 19 heavy (non-hydrogen) atoms. The lowest BCUT2D eigenvalue weighted by Gasteiger charge is -2.30. The lowest BCUT2D eigenvalue weighted by atomic mass is 10.0. The van der Waals surface area contributed by atoms with Crippen molar-refractivity contribution in [2.45, 2.75) is 24.7 Å². The molecule has 0 saturated carbocycles. The Labute approximate surface area is 118 Å². The van der Waals surface area contributed by atoms with E-state index in [0.29, 0.717) is 23.8 Å². The highest BCUT2D eigenvalue weighted by Crippen LogP contribution is 2.24. The predicted molar refractivity (Wildman–Crippen MR) is 72.6 cm³/mol. The molecule has 1 aliphatic rings. The zero-order valence-corrected chi connectivity index (χ0v) is 12.3. The fourth-order valence-electron chi connectivity index (χ4n) is 2.22. The number of rotatable bonds is 3. The van der Waals surface area contributed by atoms with E-state index in [0.717, 1.165) is 12.8 Å². The standard InChI is InChI=1S/C12H17ClN2O3S/c1-9-5-11(6-14-12(9)13)19(17,18)15-4-2-3-10(7-15)8-16/h5-6,10,16H,2-4,7-8H2,1H3. The van der Waals surface area contributed by atoms with Crippen LogP contribution in [-0.4, -0.2) is 42.5 Å². The number of pyridine rings is 1. The van der Waals surface area contributed by atoms with Gasteiger partial charge in [-0.15, -0.1) is 0 Å². The Morgan fingerprint density at radius 1 is 1.58 bits per heavy atom. The number of aliphatic hydroxyl groups excluding tert-OH is 1. The van der Waals surface area contributed by atoms with Crippen LogP contribution in [0.3, 0.4) is 0 Å². The summed E-state index contributed by atoms with van der Waals surface area (Å²) < 4.78 is 26.4. The summed E-state index contributed by atoms with van der Waals surface area (Å²) >= 11 is 5.81. The van der Waals surface area contributed by atoms with Crippen molar-refractivity contribution in [3.8, 4) is 0 Å². The van der Waals surface area contributed by atoms with E-state index in [1.54, 1.807) is 6.92 Å². The van der Waals surface area contributed by atoms with Crippen LogP contribution in [0.5, 0.6) is 0 Å². The molecule has 0 aromatic carbocycles. The Morgan fingerprint density at radius 3 is 2.95 bits per heavy atom. The Balaban J connectivity index is 2.28. The van der Waals surface area contributed by atoms with E-state index >= 15 is 0 Å². The van der Waals surface area contributed by atoms with Gasteiger partial charge in [0.2, 0.25) is 10.0 Å². The van der Waals surface area contributed by atoms with Gasteiger partial charge < -0.3 is 5.11 Å². The number of hydrogen-bond donors (Lipinski definition) is 1. The van der Waals surface area contributed by atoms with E-state index in [1.807, 2.05) is 0 Å². The summed E-state index contributed by atoms with van der Waals surface area (Å²) in [5.74, 6) is 0.0184. The van der Waals surface area contributed by atoms with Crippen molar-refractivity contribution in [3.05, 3.63) is 23.0 Å². The molecule has 2 rings (SSSR count). The summed E-state index contributed by atoms with van der Waals surface area (Å²) in [7, 11) is -3.54. The summed E-state index contributed by atoms with van der Waals surface area (Å²) in [6, 6.07) is 1.53. The zero-order valence-electron chi connectivity index (χ0n) is 10.7. The number of aromatic nitrogens is 1. The predicted octanol–water partition coefficient (Wildman–Crippen LogP) is 1.44. The number of nitrogens with zero attached hydrogens (tertiary/aromatic N) is 2. The maximum absolute atomic E-state index is 12.5. The Hall–Kier alpha value is -0.690. The van der Waals surface area contributed by atoms with E-state index in [9.17, 15) is 13.5 Å². The van der Waals surface area contributed by atoms with E-state index < -0.39 is 10.0 Å². The fourth-order valence-corrected chi connectivity index (χ4v) is 3.91. The van der Waals surface area contributed by atoms with Gasteiger partial charge in [-0.25, -0.2) is 13.4 Å². The quantitative estimate of drug-likeness (QED) is 0.858. The first-order valence-corrected chi connectivity index (χ1v) is 8.00. The van der Waals surface area contributed by atoms with E-state index in [1.165, 1.54) is 16.6 Å². The first kappa shape index (κ1) is 14.7. The summed E-state index contributed by atoms with van der Waals surface area (Å²) in [4.78, 5) is 4.05. The molecule has 1 aromatic heterocycles. The van der Waals surface area contributed by atoms with Crippen LogP contribution in [-0.2, 0) is 10.0 Å². The number of hydrogen-bond acceptors (Lipinski definition) is 4. The summed E-state index contributed by atoms with van der Waals surface area (Å²) in [6.45, 7) is 2.59. The Bertz CT molecular complexity index is 562. The minimum Gasteiger partial charge on any atom is -0.396 e. The second-order valence-electron chi connectivity index (χ2n) is 4.83. The minimum atomic E-state index is -3.54. The fraction of sp³-hybridized carbons (Fsp3) is 0.583. The molecule has 0 radical (unpaired) electrons. The molecule has 1 N–H and O–H groups in total. The summed E-state index contributed by atoms with van der Waals surface area (Å²) in [5.41, 5.74) is 0.637. The van der Waals surface area contributed by atoms with Crippen LogP contribution in [0.25, 0.3) is 0 Å². The first-order chi connectivity index (χ1) is 8.95. The number of piperidine rings is 1. The van der Waals surface area contributed by atoms with Crippen molar-refractivity contribution in [2.75, 3.05) is 19.7 Å². The Morgan fingerprint density at radius 2 is 2.32 bits per heavy atom. The molecule has 1 unspecified atom stereocenters. The van der Waals surface area contributed by atoms with Crippen molar-refractivity contribution in [3.63, 3.8) is 0 Å². The second kappa shape index (κ2) is 5.75. The first-order valence-electron chi connectivity index (χ1n) is 6.18. The number of aryl methyl sites for hydroxylation is 1. The van der Waals surface area contributed by atoms with Gasteiger partial charge >= 0.3 is 0 Å². The smallest absolute Gasteiger partial charge is 0.244 e. The summed E-state index contributed by atoms with van der Waals surface area (Å²) in [5, 5.41) is 9.49. The average Bonchev–Trinajstić information content (AvgIpc) is 2.41. The maximum Gasteiger partial charge on any atom is 0.244 e. The van der Waals surface area contributed by atoms with Crippen molar-refractivity contribution in [1.82, 2.24) is 9.29 Å². The van der Waals surface area contributed by atoms with Crippen molar-refractivity contribution in [2.24, 2.45) is 5.92 Å². The number of sulfonamides is 1. The Kier molecular flexibility index (Phi) is 4.45. The van der Waals surface area contributed by atoms with Gasteiger partial charge in [-0.3, -0.25) is 0 Å². The molecular weight excluding hydrogens is 288 g/mol. The van der Waals surface area contributed by atoms with Gasteiger partial charge in [0.1, 0.15) is 10.0 Å². The molecule has 0 aliphatic carbocycles. The minimum absolute atomic E-state index is 0.0178. The van der Waals surface area contributed by atoms with Crippen LogP contribution in [0, 0.1) is 12.8 Å². The van der Waals surface area contributed by atoms with Gasteiger partial charge in [-0.1, -0.05) is 11.6 Å². The third kappa shape index (κ3) is 3.08. The van der Waals surface area contributed by atoms with E-state index in [-0.39, 0.29) is 17.4 Å². The van der Waals surface area contributed by atoms with Crippen LogP contribution in [0.15, 0.2) is 17.2 Å². The zero-order chi connectivity index (χ0) is 14.0. The second-order valence-corrected chi connectivity index (χ2v) is 7.13. The molecule has 1 aliphatic heterocycles. The van der Waals surface area contributed by atoms with E-state index in [4.69, 9.17) is 11.6 Å². The highest BCUT2D eigenvalue weighted by Gasteiger charge is 2.30. The summed E-state index contributed by atoms with van der Waals surface area (Å²) in [6.07, 6.45) is 2.91. The normalized spacial score (nSPS) is 21.5. The molecular formula is C12H17ClN2O3S. The molecule has 1 saturated heterocycles. The lowest BCUT2D eigenvalue weighted by molar-refractivity contribution is 0.165. The maximum atomic E-state index is 12.5. The largest absolute Gasteiger partial charge is 0.396 e. The van der Waals surface area contributed by atoms with Crippen molar-refractivity contribution >= 4 is 21.6 Å². The van der Waals surface area contributed by atoms with Gasteiger partial charge in [0.05, 0.1) is 0 Å². The SMILES string of the molecule is Cc1cc(S(=O)(=O)N2CCCC(CO)C2)cnc1Cl. The molecule has 1 fully saturated rings. The average molecular weight is 305 g/mol. The number of aliphatic hydroxyl groups is 1. The monoisotopic (exact) mass is 304 g/mol. The topological polar surface area (TPSA) is 70.5 Å². The molecule has 1 aromatic rings. The molecule has 0 bridgehead atoms. The molecule has 7 heteroatoms. The molecule has 0 amide bonds. The van der Waals surface area contributed by atoms with Crippen molar-refractivity contribution in [1.29, 1.82) is 0 Å². The van der Waals surface area contributed by atoms with Crippen LogP contribution >= 0.6 is 11.6 Å². The molecule has 1 atom stereocenters. The molecule has 2 heterocycles. The van der Waals surface area contributed by atoms with Crippen LogP contribution in [0.4, 0.5) is 0 Å². The molecule has 5 nitrogen and oxygen atoms in total. The van der Waals surface area contributed by atoms with Gasteiger partial charge in [-0.2, -0.15) is 4.31 Å². The van der Waals surface area contributed by atoms with Crippen LogP contribution in [0.1, 0.15) is 18.4 Å². The third-order valence-electron chi connectivity index (χ3n) is 3.37. The van der Waals surface area contributed by atoms with E-state index in [2.05, 4.69) is 4.98 Å². The molecule has 106 valence electrons. The highest BCUT2D eigenvalue weighted by atomic mass is 35.5. The van der Waals surface area contributed by atoms with Crippen molar-refractivity contribution < 1.29 is 13.5 Å². The van der Waals surface area contributed by atoms with Gasteiger partial charge in [0, 0.05) is 25.9 Å². The van der Waals surface area contributed by atoms with Gasteiger partial charge in [0.25, 0.3) is 0 Å². The molecule has 0 spiro atoms. The highest BCUT2D eigenvalue weighted by molar-refractivity contribution is 7.89.